The molecule has 6 nitrogen and oxygen atoms in total. The lowest BCUT2D eigenvalue weighted by Crippen LogP contribution is -2.06. The number of aliphatic carboxylic acids is 1. The van der Waals surface area contributed by atoms with Crippen LogP contribution in [0.3, 0.4) is 0 Å². The Bertz CT molecular complexity index is 506. The molecule has 0 atom stereocenters. The molecule has 78 valence electrons. The predicted molar refractivity (Wildman–Crippen MR) is 50.9 cm³/mol. The molecule has 0 radical (unpaired) electrons. The molecule has 0 amide bonds. The maximum absolute atomic E-state index is 10.6. The van der Waals surface area contributed by atoms with Crippen LogP contribution in [-0.2, 0) is 11.2 Å². The first-order chi connectivity index (χ1) is 7.22. The average Bonchev–Trinajstić information content (AvgIpc) is 2.61. The van der Waals surface area contributed by atoms with Crippen molar-refractivity contribution in [3.63, 3.8) is 0 Å². The van der Waals surface area contributed by atoms with Gasteiger partial charge >= 0.3 is 5.97 Å². The Balaban J connectivity index is 2.55. The highest BCUT2D eigenvalue weighted by molar-refractivity contribution is 5.71. The standard InChI is InChI=1S/C9H9N3O3/c1-15-9-7-3-2-6(4-8(13)14)12(7)11-5-10-9/h2-3,5H,4H2,1H3,(H,13,14). The first-order valence-corrected chi connectivity index (χ1v) is 4.30. The lowest BCUT2D eigenvalue weighted by Gasteiger charge is -2.02. The van der Waals surface area contributed by atoms with E-state index in [1.165, 1.54) is 18.0 Å². The zero-order valence-corrected chi connectivity index (χ0v) is 8.04. The highest BCUT2D eigenvalue weighted by atomic mass is 16.5. The van der Waals surface area contributed by atoms with Gasteiger partial charge in [0.1, 0.15) is 11.8 Å². The van der Waals surface area contributed by atoms with Crippen molar-refractivity contribution in [2.24, 2.45) is 0 Å². The quantitative estimate of drug-likeness (QED) is 0.786. The average molecular weight is 207 g/mol. The molecule has 0 spiro atoms. The number of fused-ring (bicyclic) bond motifs is 1. The Morgan fingerprint density at radius 3 is 3.07 bits per heavy atom. The smallest absolute Gasteiger partial charge is 0.309 e. The normalized spacial score (nSPS) is 10.5. The zero-order chi connectivity index (χ0) is 10.8. The summed E-state index contributed by atoms with van der Waals surface area (Å²) in [7, 11) is 1.51. The fourth-order valence-electron chi connectivity index (χ4n) is 1.41. The molecule has 2 rings (SSSR count). The van der Waals surface area contributed by atoms with E-state index in [0.717, 1.165) is 0 Å². The number of carboxylic acids is 1. The van der Waals surface area contributed by atoms with Crippen LogP contribution >= 0.6 is 0 Å². The van der Waals surface area contributed by atoms with Crippen LogP contribution < -0.4 is 4.74 Å². The van der Waals surface area contributed by atoms with Crippen molar-refractivity contribution < 1.29 is 14.6 Å². The van der Waals surface area contributed by atoms with Gasteiger partial charge in [-0.2, -0.15) is 10.1 Å². The molecule has 0 bridgehead atoms. The van der Waals surface area contributed by atoms with Crippen LogP contribution in [0.15, 0.2) is 18.5 Å². The van der Waals surface area contributed by atoms with Crippen molar-refractivity contribution in [1.82, 2.24) is 14.6 Å². The van der Waals surface area contributed by atoms with Crippen LogP contribution in [0, 0.1) is 0 Å². The highest BCUT2D eigenvalue weighted by Gasteiger charge is 2.10. The van der Waals surface area contributed by atoms with E-state index in [9.17, 15) is 4.79 Å². The summed E-state index contributed by atoms with van der Waals surface area (Å²) in [6.07, 6.45) is 1.26. The fourth-order valence-corrected chi connectivity index (χ4v) is 1.41. The van der Waals surface area contributed by atoms with Crippen LogP contribution in [0.5, 0.6) is 5.88 Å². The maximum Gasteiger partial charge on any atom is 0.309 e. The van der Waals surface area contributed by atoms with Gasteiger partial charge in [-0.25, -0.2) is 4.52 Å². The molecule has 0 fully saturated rings. The third-order valence-corrected chi connectivity index (χ3v) is 2.02. The van der Waals surface area contributed by atoms with Crippen molar-refractivity contribution in [3.8, 4) is 5.88 Å². The lowest BCUT2D eigenvalue weighted by molar-refractivity contribution is -0.136. The van der Waals surface area contributed by atoms with E-state index in [4.69, 9.17) is 9.84 Å². The van der Waals surface area contributed by atoms with E-state index < -0.39 is 5.97 Å². The molecule has 0 aliphatic heterocycles. The summed E-state index contributed by atoms with van der Waals surface area (Å²) in [4.78, 5) is 14.5. The fraction of sp³-hybridized carbons (Fsp3) is 0.222. The molecule has 15 heavy (non-hydrogen) atoms. The number of aromatic nitrogens is 3. The van der Waals surface area contributed by atoms with Gasteiger partial charge in [0.2, 0.25) is 5.88 Å². The highest BCUT2D eigenvalue weighted by Crippen LogP contribution is 2.17. The molecule has 0 saturated heterocycles. The summed E-state index contributed by atoms with van der Waals surface area (Å²) in [5.41, 5.74) is 1.26. The third kappa shape index (κ3) is 1.61. The Kier molecular flexibility index (Phi) is 2.24. The minimum absolute atomic E-state index is 0.0751. The van der Waals surface area contributed by atoms with Gasteiger partial charge in [0.05, 0.1) is 19.2 Å². The molecule has 6 heteroatoms. The number of ether oxygens (including phenoxy) is 1. The van der Waals surface area contributed by atoms with Gasteiger partial charge in [0.15, 0.2) is 0 Å². The van der Waals surface area contributed by atoms with Crippen LogP contribution in [-0.4, -0.2) is 32.8 Å². The van der Waals surface area contributed by atoms with Crippen LogP contribution in [0.4, 0.5) is 0 Å². The van der Waals surface area contributed by atoms with E-state index in [1.54, 1.807) is 12.1 Å². The second-order valence-electron chi connectivity index (χ2n) is 2.96. The third-order valence-electron chi connectivity index (χ3n) is 2.02. The summed E-state index contributed by atoms with van der Waals surface area (Å²) in [5.74, 6) is -0.464. The van der Waals surface area contributed by atoms with Crippen LogP contribution in [0.2, 0.25) is 0 Å². The summed E-state index contributed by atoms with van der Waals surface area (Å²) in [6, 6.07) is 3.43. The van der Waals surface area contributed by atoms with Gasteiger partial charge in [-0.3, -0.25) is 4.79 Å². The van der Waals surface area contributed by atoms with E-state index in [-0.39, 0.29) is 6.42 Å². The second kappa shape index (κ2) is 3.56. The van der Waals surface area contributed by atoms with E-state index in [1.807, 2.05) is 0 Å². The van der Waals surface area contributed by atoms with Crippen LogP contribution in [0.1, 0.15) is 5.69 Å². The minimum Gasteiger partial charge on any atom is -0.481 e. The molecule has 2 aromatic rings. The maximum atomic E-state index is 10.6. The molecule has 2 aromatic heterocycles. The lowest BCUT2D eigenvalue weighted by atomic mass is 10.3. The number of nitrogens with zero attached hydrogens (tertiary/aromatic N) is 3. The summed E-state index contributed by atoms with van der Waals surface area (Å²) in [5, 5.41) is 12.6. The number of methoxy groups -OCH3 is 1. The molecule has 0 aromatic carbocycles. The minimum atomic E-state index is -0.896. The zero-order valence-electron chi connectivity index (χ0n) is 8.04. The number of carboxylic acid groups (broad SMARTS) is 1. The van der Waals surface area contributed by atoms with Crippen molar-refractivity contribution in [3.05, 3.63) is 24.2 Å². The number of rotatable bonds is 3. The van der Waals surface area contributed by atoms with Crippen molar-refractivity contribution in [2.75, 3.05) is 7.11 Å². The molecular formula is C9H9N3O3. The molecule has 1 N–H and O–H groups in total. The molecule has 0 unspecified atom stereocenters. The van der Waals surface area contributed by atoms with Gasteiger partial charge in [-0.1, -0.05) is 0 Å². The predicted octanol–water partition coefficient (Wildman–Crippen LogP) is 0.365. The molecule has 2 heterocycles. The summed E-state index contributed by atoms with van der Waals surface area (Å²) < 4.78 is 6.54. The number of hydrogen-bond acceptors (Lipinski definition) is 4. The second-order valence-corrected chi connectivity index (χ2v) is 2.96. The Labute approximate surface area is 85.1 Å². The van der Waals surface area contributed by atoms with E-state index in [2.05, 4.69) is 10.1 Å². The summed E-state index contributed by atoms with van der Waals surface area (Å²) in [6.45, 7) is 0. The van der Waals surface area contributed by atoms with Crippen LogP contribution in [0.25, 0.3) is 5.52 Å². The molecule has 0 aliphatic rings. The van der Waals surface area contributed by atoms with Gasteiger partial charge in [0, 0.05) is 0 Å². The first kappa shape index (κ1) is 9.45. The SMILES string of the molecule is COc1ncnn2c(CC(=O)O)ccc12. The number of hydrogen-bond donors (Lipinski definition) is 1. The van der Waals surface area contributed by atoms with Gasteiger partial charge in [-0.05, 0) is 12.1 Å². The van der Waals surface area contributed by atoms with E-state index >= 15 is 0 Å². The molecule has 0 aliphatic carbocycles. The first-order valence-electron chi connectivity index (χ1n) is 4.30. The molecule has 0 saturated carbocycles. The van der Waals surface area contributed by atoms with Gasteiger partial charge in [-0.15, -0.1) is 0 Å². The van der Waals surface area contributed by atoms with Gasteiger partial charge in [0.25, 0.3) is 0 Å². The monoisotopic (exact) mass is 207 g/mol. The topological polar surface area (TPSA) is 76.7 Å². The van der Waals surface area contributed by atoms with Gasteiger partial charge < -0.3 is 9.84 Å². The van der Waals surface area contributed by atoms with E-state index in [0.29, 0.717) is 17.1 Å². The van der Waals surface area contributed by atoms with Crippen molar-refractivity contribution in [1.29, 1.82) is 0 Å². The Hall–Kier alpha value is -2.11. The van der Waals surface area contributed by atoms with Crippen molar-refractivity contribution >= 4 is 11.5 Å². The molecular weight excluding hydrogens is 198 g/mol. The Morgan fingerprint density at radius 2 is 2.40 bits per heavy atom. The number of carbonyl (C=O) groups is 1. The van der Waals surface area contributed by atoms with Crippen molar-refractivity contribution in [2.45, 2.75) is 6.42 Å². The summed E-state index contributed by atoms with van der Waals surface area (Å²) >= 11 is 0. The largest absolute Gasteiger partial charge is 0.481 e. The Morgan fingerprint density at radius 1 is 1.60 bits per heavy atom.